The van der Waals surface area contributed by atoms with Crippen molar-refractivity contribution < 1.29 is 4.42 Å². The molecule has 1 unspecified atom stereocenters. The third-order valence-corrected chi connectivity index (χ3v) is 16.9. The van der Waals surface area contributed by atoms with Gasteiger partial charge < -0.3 is 4.42 Å². The van der Waals surface area contributed by atoms with E-state index in [1.807, 2.05) is 12.1 Å². The summed E-state index contributed by atoms with van der Waals surface area (Å²) in [5, 5.41) is 2.31. The summed E-state index contributed by atoms with van der Waals surface area (Å²) < 4.78 is 6.36. The van der Waals surface area contributed by atoms with Gasteiger partial charge in [-0.25, -0.2) is 10.0 Å². The molecular weight excluding hydrogens is 889 g/mol. The SMILES string of the molecule is Cc1ccc(-c2ccc(S(C)(C)C)cc2)cc1.Cc1ccc2c(c1)C(C)(C)c1ccccc1-2.Cc1cccc2c1-c1ccccc1C2(c1ccccc1)c1ccc(-c2cccc3c2oc2ccccc23)cc1. The molecular formula is C70H62OS. The molecule has 354 valence electrons. The van der Waals surface area contributed by atoms with Crippen LogP contribution >= 0.6 is 10.0 Å². The quantitative estimate of drug-likeness (QED) is 0.168. The molecule has 11 aromatic rings. The molecule has 2 aliphatic carbocycles. The van der Waals surface area contributed by atoms with Crippen molar-refractivity contribution in [3.8, 4) is 44.5 Å². The number of fused-ring (bicyclic) bond motifs is 9. The molecule has 0 amide bonds. The minimum absolute atomic E-state index is 0.151. The maximum atomic E-state index is 6.36. The number of benzene rings is 10. The fraction of sp³-hybridized carbons (Fsp3) is 0.143. The van der Waals surface area contributed by atoms with E-state index in [2.05, 4.69) is 272 Å². The summed E-state index contributed by atoms with van der Waals surface area (Å²) in [5.74, 6) is 0. The number of hydrogen-bond acceptors (Lipinski definition) is 1. The van der Waals surface area contributed by atoms with Crippen LogP contribution in [0, 0.1) is 20.8 Å². The van der Waals surface area contributed by atoms with Gasteiger partial charge in [-0.1, -0.05) is 237 Å². The summed E-state index contributed by atoms with van der Waals surface area (Å²) in [6.07, 6.45) is 6.98. The number of hydrogen-bond donors (Lipinski definition) is 0. The second-order valence-electron chi connectivity index (χ2n) is 21.0. The zero-order valence-electron chi connectivity index (χ0n) is 42.8. The summed E-state index contributed by atoms with van der Waals surface area (Å²) in [6, 6.07) is 83.8. The van der Waals surface area contributed by atoms with Gasteiger partial charge in [0, 0.05) is 21.8 Å². The Morgan fingerprint density at radius 2 is 0.903 bits per heavy atom. The maximum Gasteiger partial charge on any atom is 0.143 e. The van der Waals surface area contributed by atoms with Crippen LogP contribution in [-0.2, 0) is 10.8 Å². The first-order valence-corrected chi connectivity index (χ1v) is 28.0. The molecule has 0 radical (unpaired) electrons. The number of para-hydroxylation sites is 2. The van der Waals surface area contributed by atoms with Gasteiger partial charge in [0.15, 0.2) is 0 Å². The molecule has 0 fully saturated rings. The van der Waals surface area contributed by atoms with Gasteiger partial charge in [-0.05, 0) is 141 Å². The lowest BCUT2D eigenvalue weighted by molar-refractivity contribution is 0.660. The summed E-state index contributed by atoms with van der Waals surface area (Å²) in [4.78, 5) is 1.47. The Bertz CT molecular complexity index is 3760. The highest BCUT2D eigenvalue weighted by Gasteiger charge is 2.46. The van der Waals surface area contributed by atoms with E-state index in [4.69, 9.17) is 4.42 Å². The van der Waals surface area contributed by atoms with Crippen LogP contribution < -0.4 is 0 Å². The summed E-state index contributed by atoms with van der Waals surface area (Å²) >= 11 is 0. The lowest BCUT2D eigenvalue weighted by Crippen LogP contribution is -2.28. The molecule has 72 heavy (non-hydrogen) atoms. The predicted molar refractivity (Wildman–Crippen MR) is 310 cm³/mol. The molecule has 0 N–H and O–H groups in total. The Kier molecular flexibility index (Phi) is 12.0. The molecule has 1 atom stereocenters. The fourth-order valence-corrected chi connectivity index (χ4v) is 12.4. The molecule has 2 heteroatoms. The molecule has 10 aromatic carbocycles. The molecule has 2 aliphatic rings. The maximum absolute atomic E-state index is 6.36. The first-order valence-electron chi connectivity index (χ1n) is 25.2. The van der Waals surface area contributed by atoms with Crippen molar-refractivity contribution in [3.63, 3.8) is 0 Å². The van der Waals surface area contributed by atoms with Crippen LogP contribution in [0.15, 0.2) is 240 Å². The van der Waals surface area contributed by atoms with Crippen LogP contribution in [0.25, 0.3) is 66.4 Å². The topological polar surface area (TPSA) is 13.1 Å². The zero-order valence-corrected chi connectivity index (χ0v) is 43.6. The van der Waals surface area contributed by atoms with Gasteiger partial charge in [-0.15, -0.1) is 0 Å². The molecule has 0 spiro atoms. The molecule has 1 aromatic heterocycles. The first-order chi connectivity index (χ1) is 34.8. The van der Waals surface area contributed by atoms with E-state index < -0.39 is 10.0 Å². The van der Waals surface area contributed by atoms with Crippen LogP contribution in [0.1, 0.15) is 63.9 Å². The Morgan fingerprint density at radius 3 is 1.62 bits per heavy atom. The highest BCUT2D eigenvalue weighted by molar-refractivity contribution is 8.32. The molecule has 13 rings (SSSR count). The van der Waals surface area contributed by atoms with Gasteiger partial charge in [-0.3, -0.25) is 0 Å². The average Bonchev–Trinajstić information content (AvgIpc) is 4.01. The van der Waals surface area contributed by atoms with Gasteiger partial charge >= 0.3 is 0 Å². The lowest BCUT2D eigenvalue weighted by atomic mass is 9.67. The van der Waals surface area contributed by atoms with Crippen molar-refractivity contribution in [2.24, 2.45) is 0 Å². The van der Waals surface area contributed by atoms with Gasteiger partial charge in [0.05, 0.1) is 5.41 Å². The highest BCUT2D eigenvalue weighted by atomic mass is 32.3. The lowest BCUT2D eigenvalue weighted by Gasteiger charge is -2.34. The Morgan fingerprint density at radius 1 is 0.375 bits per heavy atom. The van der Waals surface area contributed by atoms with E-state index in [1.165, 1.54) is 88.3 Å². The van der Waals surface area contributed by atoms with E-state index in [0.717, 1.165) is 33.1 Å². The molecule has 0 saturated heterocycles. The van der Waals surface area contributed by atoms with Gasteiger partial charge in [-0.2, -0.15) is 0 Å². The number of aryl methyl sites for hydroxylation is 3. The number of rotatable bonds is 5. The van der Waals surface area contributed by atoms with Crippen molar-refractivity contribution >= 4 is 32.0 Å². The standard InChI is InChI=1S/C38H26O.C16H20S.C16H16/c1-25-11-9-19-34-36(25)32-15-5-7-18-33(32)38(34,27-12-3-2-4-13-27)28-23-21-26(22-24-28)29-16-10-17-31-30-14-6-8-20-35(30)39-37(29)31;1-13-5-7-14(8-6-13)15-9-11-16(12-10-15)17(2,3)4;1-11-8-9-13-12-6-4-5-7-14(12)16(2,3)15(13)10-11/h2-24H,1H3;5-12H,1-4H3;4-10H,1-3H3. The largest absolute Gasteiger partial charge is 0.455 e. The van der Waals surface area contributed by atoms with Crippen molar-refractivity contribution in [1.29, 1.82) is 0 Å². The molecule has 0 saturated carbocycles. The van der Waals surface area contributed by atoms with Crippen LogP contribution in [0.2, 0.25) is 0 Å². The zero-order chi connectivity index (χ0) is 49.8. The summed E-state index contributed by atoms with van der Waals surface area (Å²) in [6.45, 7) is 11.1. The van der Waals surface area contributed by atoms with E-state index in [-0.39, 0.29) is 10.8 Å². The Hall–Kier alpha value is -7.65. The minimum Gasteiger partial charge on any atom is -0.455 e. The molecule has 1 nitrogen and oxygen atoms in total. The highest BCUT2D eigenvalue weighted by Crippen LogP contribution is 2.57. The second kappa shape index (κ2) is 18.5. The summed E-state index contributed by atoms with van der Waals surface area (Å²) in [7, 11) is -0.608. The van der Waals surface area contributed by atoms with Gasteiger partial charge in [0.25, 0.3) is 0 Å². The second-order valence-corrected chi connectivity index (χ2v) is 25.1. The first kappa shape index (κ1) is 46.7. The average molecular weight is 951 g/mol. The van der Waals surface area contributed by atoms with Crippen LogP contribution in [-0.4, -0.2) is 18.8 Å². The Balaban J connectivity index is 0.000000140. The van der Waals surface area contributed by atoms with Crippen molar-refractivity contribution in [1.82, 2.24) is 0 Å². The van der Waals surface area contributed by atoms with Crippen molar-refractivity contribution in [2.45, 2.75) is 50.3 Å². The van der Waals surface area contributed by atoms with E-state index in [1.54, 1.807) is 0 Å². The van der Waals surface area contributed by atoms with Gasteiger partial charge in [0.2, 0.25) is 0 Å². The Labute approximate surface area is 428 Å². The van der Waals surface area contributed by atoms with Crippen LogP contribution in [0.4, 0.5) is 0 Å². The van der Waals surface area contributed by atoms with E-state index in [9.17, 15) is 0 Å². The smallest absolute Gasteiger partial charge is 0.143 e. The monoisotopic (exact) mass is 950 g/mol. The van der Waals surface area contributed by atoms with E-state index in [0.29, 0.717) is 0 Å². The molecule has 1 heterocycles. The third-order valence-electron chi connectivity index (χ3n) is 15.2. The van der Waals surface area contributed by atoms with Gasteiger partial charge in [0.1, 0.15) is 11.2 Å². The van der Waals surface area contributed by atoms with Crippen LogP contribution in [0.3, 0.4) is 0 Å². The third kappa shape index (κ3) is 8.09. The predicted octanol–water partition coefficient (Wildman–Crippen LogP) is 18.9. The minimum atomic E-state index is -0.608. The fourth-order valence-electron chi connectivity index (χ4n) is 11.5. The number of furan rings is 1. The van der Waals surface area contributed by atoms with Crippen LogP contribution in [0.5, 0.6) is 0 Å². The van der Waals surface area contributed by atoms with Crippen molar-refractivity contribution in [3.05, 3.63) is 281 Å². The molecule has 0 aliphatic heterocycles. The molecule has 0 bridgehead atoms. The van der Waals surface area contributed by atoms with E-state index >= 15 is 0 Å². The summed E-state index contributed by atoms with van der Waals surface area (Å²) in [5.41, 5.74) is 24.1. The normalized spacial score (nSPS) is 15.1. The van der Waals surface area contributed by atoms with Crippen molar-refractivity contribution in [2.75, 3.05) is 18.8 Å².